The van der Waals surface area contributed by atoms with Crippen molar-refractivity contribution in [1.29, 1.82) is 0 Å². The van der Waals surface area contributed by atoms with Crippen molar-refractivity contribution in [2.24, 2.45) is 0 Å². The number of hydrogen-bond acceptors (Lipinski definition) is 1. The highest BCUT2D eigenvalue weighted by Gasteiger charge is 2.20. The van der Waals surface area contributed by atoms with Crippen LogP contribution in [0.5, 0.6) is 0 Å². The summed E-state index contributed by atoms with van der Waals surface area (Å²) in [5.74, 6) is -0.208. The summed E-state index contributed by atoms with van der Waals surface area (Å²) in [6.45, 7) is 16.7. The Hall–Kier alpha value is -3.26. The first-order valence-corrected chi connectivity index (χ1v) is 12.7. The van der Waals surface area contributed by atoms with Crippen molar-refractivity contribution in [1.82, 2.24) is 4.98 Å². The first-order valence-electron chi connectivity index (χ1n) is 12.7. The lowest BCUT2D eigenvalue weighted by atomic mass is 9.91. The molecular weight excluding hydrogens is 429 g/mol. The van der Waals surface area contributed by atoms with E-state index in [4.69, 9.17) is 4.98 Å². The number of benzene rings is 2. The van der Waals surface area contributed by atoms with E-state index in [-0.39, 0.29) is 5.82 Å². The van der Waals surface area contributed by atoms with Crippen LogP contribution in [0.15, 0.2) is 67.9 Å². The summed E-state index contributed by atoms with van der Waals surface area (Å²) in [4.78, 5) is 4.82. The van der Waals surface area contributed by atoms with Gasteiger partial charge in [0.15, 0.2) is 0 Å². The summed E-state index contributed by atoms with van der Waals surface area (Å²) >= 11 is 0. The van der Waals surface area contributed by atoms with Crippen LogP contribution in [0.4, 0.5) is 4.39 Å². The number of pyridine rings is 1. The maximum Gasteiger partial charge on any atom is 0.123 e. The highest BCUT2D eigenvalue weighted by Crippen LogP contribution is 2.41. The van der Waals surface area contributed by atoms with Gasteiger partial charge in [-0.2, -0.15) is 0 Å². The van der Waals surface area contributed by atoms with Gasteiger partial charge in [-0.25, -0.2) is 4.39 Å². The fourth-order valence-corrected chi connectivity index (χ4v) is 4.70. The Balaban J connectivity index is 0.000000320. The highest BCUT2D eigenvalue weighted by molar-refractivity contribution is 5.94. The molecule has 0 bridgehead atoms. The summed E-state index contributed by atoms with van der Waals surface area (Å²) in [5, 5.41) is 0. The van der Waals surface area contributed by atoms with Crippen molar-refractivity contribution in [3.8, 4) is 0 Å². The number of rotatable bonds is 7. The van der Waals surface area contributed by atoms with E-state index in [1.807, 2.05) is 0 Å². The van der Waals surface area contributed by atoms with Gasteiger partial charge in [0.05, 0.1) is 0 Å². The highest BCUT2D eigenvalue weighted by atomic mass is 19.1. The second kappa shape index (κ2) is 12.4. The lowest BCUT2D eigenvalue weighted by molar-refractivity contribution is 0.628. The fourth-order valence-electron chi connectivity index (χ4n) is 4.70. The Bertz CT molecular complexity index is 1210. The van der Waals surface area contributed by atoms with Crippen molar-refractivity contribution in [2.75, 3.05) is 0 Å². The molecular formula is C33H38FN. The molecule has 0 fully saturated rings. The predicted molar refractivity (Wildman–Crippen MR) is 151 cm³/mol. The molecule has 1 aliphatic rings. The van der Waals surface area contributed by atoms with Gasteiger partial charge in [0.2, 0.25) is 0 Å². The molecule has 1 nitrogen and oxygen atoms in total. The van der Waals surface area contributed by atoms with Crippen molar-refractivity contribution in [3.05, 3.63) is 113 Å². The molecule has 0 N–H and O–H groups in total. The van der Waals surface area contributed by atoms with E-state index < -0.39 is 0 Å². The van der Waals surface area contributed by atoms with Crippen LogP contribution >= 0.6 is 0 Å². The maximum absolute atomic E-state index is 12.2. The summed E-state index contributed by atoms with van der Waals surface area (Å²) in [6.07, 6.45) is 10.5. The number of nitrogens with zero attached hydrogens (tertiary/aromatic N) is 1. The molecule has 0 atom stereocenters. The van der Waals surface area contributed by atoms with Gasteiger partial charge in [0.25, 0.3) is 0 Å². The molecule has 0 saturated heterocycles. The lowest BCUT2D eigenvalue weighted by Gasteiger charge is -2.15. The summed E-state index contributed by atoms with van der Waals surface area (Å²) < 4.78 is 12.2. The zero-order chi connectivity index (χ0) is 25.4. The van der Waals surface area contributed by atoms with Gasteiger partial charge in [-0.15, -0.1) is 0 Å². The zero-order valence-corrected chi connectivity index (χ0v) is 21.8. The number of aromatic nitrogens is 1. The average Bonchev–Trinajstić information content (AvgIpc) is 3.36. The van der Waals surface area contributed by atoms with E-state index in [1.54, 1.807) is 18.2 Å². The van der Waals surface area contributed by atoms with Gasteiger partial charge in [0.1, 0.15) is 5.82 Å². The molecule has 0 amide bonds. The molecule has 2 aromatic carbocycles. The number of aryl methyl sites for hydroxylation is 3. The van der Waals surface area contributed by atoms with Crippen LogP contribution in [0.25, 0.3) is 22.8 Å². The van der Waals surface area contributed by atoms with Crippen LogP contribution in [0.1, 0.15) is 85.0 Å². The monoisotopic (exact) mass is 467 g/mol. The first kappa shape index (κ1) is 26.3. The van der Waals surface area contributed by atoms with Gasteiger partial charge in [-0.1, -0.05) is 75.4 Å². The molecule has 0 aliphatic heterocycles. The van der Waals surface area contributed by atoms with E-state index in [0.717, 1.165) is 31.2 Å². The van der Waals surface area contributed by atoms with Crippen molar-refractivity contribution in [2.45, 2.75) is 66.2 Å². The van der Waals surface area contributed by atoms with Crippen molar-refractivity contribution < 1.29 is 4.39 Å². The summed E-state index contributed by atoms with van der Waals surface area (Å²) in [5.41, 5.74) is 13.0. The van der Waals surface area contributed by atoms with Crippen LogP contribution in [0.2, 0.25) is 0 Å². The number of hydrogen-bond donors (Lipinski definition) is 0. The third-order valence-corrected chi connectivity index (χ3v) is 6.63. The third-order valence-electron chi connectivity index (χ3n) is 6.63. The quantitative estimate of drug-likeness (QED) is 0.337. The summed E-state index contributed by atoms with van der Waals surface area (Å²) in [6, 6.07) is 15.4. The molecule has 1 aromatic heterocycles. The Morgan fingerprint density at radius 2 is 1.71 bits per heavy atom. The molecule has 182 valence electrons. The predicted octanol–water partition coefficient (Wildman–Crippen LogP) is 9.64. The minimum absolute atomic E-state index is 0.208. The van der Waals surface area contributed by atoms with Crippen molar-refractivity contribution >= 4 is 22.8 Å². The van der Waals surface area contributed by atoms with E-state index in [9.17, 15) is 4.39 Å². The average molecular weight is 468 g/mol. The van der Waals surface area contributed by atoms with E-state index in [0.29, 0.717) is 0 Å². The molecule has 3 aromatic rings. The maximum atomic E-state index is 12.2. The van der Waals surface area contributed by atoms with Gasteiger partial charge in [0, 0.05) is 11.9 Å². The molecule has 2 heteroatoms. The van der Waals surface area contributed by atoms with Crippen LogP contribution in [-0.2, 0) is 6.42 Å². The van der Waals surface area contributed by atoms with Gasteiger partial charge < -0.3 is 0 Å². The normalized spacial score (nSPS) is 12.8. The van der Waals surface area contributed by atoms with E-state index in [1.165, 1.54) is 75.2 Å². The Morgan fingerprint density at radius 3 is 2.37 bits per heavy atom. The summed E-state index contributed by atoms with van der Waals surface area (Å²) in [7, 11) is 0. The largest absolute Gasteiger partial charge is 0.260 e. The Morgan fingerprint density at radius 1 is 1.00 bits per heavy atom. The van der Waals surface area contributed by atoms with Gasteiger partial charge in [-0.3, -0.25) is 4.98 Å². The van der Waals surface area contributed by atoms with Gasteiger partial charge in [-0.05, 0) is 109 Å². The topological polar surface area (TPSA) is 12.9 Å². The van der Waals surface area contributed by atoms with E-state index >= 15 is 0 Å². The third kappa shape index (κ3) is 6.66. The van der Waals surface area contributed by atoms with Crippen LogP contribution in [-0.4, -0.2) is 4.98 Å². The van der Waals surface area contributed by atoms with Crippen LogP contribution in [0.3, 0.4) is 0 Å². The molecule has 0 spiro atoms. The molecule has 35 heavy (non-hydrogen) atoms. The smallest absolute Gasteiger partial charge is 0.123 e. The molecule has 0 saturated carbocycles. The Labute approximate surface area is 211 Å². The molecule has 1 aliphatic carbocycles. The fraction of sp³-hybridized carbons (Fsp3) is 0.303. The molecule has 4 rings (SSSR count). The van der Waals surface area contributed by atoms with Crippen molar-refractivity contribution in [3.63, 3.8) is 0 Å². The standard InChI is InChI=1S/C25H31N.C8H7F/c1-6-9-18(4)24-15-20(16-26-25(24)7-2)21-10-8-11-22(21)23-14-17(3)12-13-19(23)5;1-2-7-3-5-8(9)6-4-7/h12-16H,4,6-11H2,1-3,5H3;2-6H,1H2. The SMILES string of the molecule is C=C(CCC)c1cc(C2=C(c3cc(C)ccc3C)CCC2)cnc1CC.C=Cc1ccc(F)cc1. The Kier molecular flexibility index (Phi) is 9.37. The molecule has 1 heterocycles. The zero-order valence-electron chi connectivity index (χ0n) is 21.8. The first-order chi connectivity index (χ1) is 16.9. The van der Waals surface area contributed by atoms with Crippen LogP contribution < -0.4 is 0 Å². The number of allylic oxidation sites excluding steroid dienone is 3. The second-order valence-corrected chi connectivity index (χ2v) is 9.31. The number of halogens is 1. The van der Waals surface area contributed by atoms with Crippen LogP contribution in [0, 0.1) is 19.7 Å². The lowest BCUT2D eigenvalue weighted by Crippen LogP contribution is -1.99. The second-order valence-electron chi connectivity index (χ2n) is 9.31. The molecule has 0 unspecified atom stereocenters. The minimum atomic E-state index is -0.208. The van der Waals surface area contributed by atoms with E-state index in [2.05, 4.69) is 71.3 Å². The minimum Gasteiger partial charge on any atom is -0.260 e. The van der Waals surface area contributed by atoms with Gasteiger partial charge >= 0.3 is 0 Å². The molecule has 0 radical (unpaired) electrons.